The van der Waals surface area contributed by atoms with Crippen molar-refractivity contribution in [2.75, 3.05) is 6.54 Å². The molecule has 0 radical (unpaired) electrons. The molecule has 0 aliphatic carbocycles. The number of nitrogens with one attached hydrogen (secondary N) is 1. The van der Waals surface area contributed by atoms with E-state index in [1.165, 1.54) is 10.9 Å². The molecule has 2 aromatic heterocycles. The number of benzene rings is 2. The number of amides is 1. The van der Waals surface area contributed by atoms with Crippen molar-refractivity contribution in [1.29, 1.82) is 0 Å². The normalized spacial score (nSPS) is 11.1. The Morgan fingerprint density at radius 1 is 1.11 bits per heavy atom. The van der Waals surface area contributed by atoms with Gasteiger partial charge in [-0.05, 0) is 30.7 Å². The SMILES string of the molecule is O=C(Cn1ncc(=O)c2ccccc21)NCCCc1nc2ccccc2s1. The fourth-order valence-corrected chi connectivity index (χ4v) is 3.98. The number of fused-ring (bicyclic) bond motifs is 2. The van der Waals surface area contributed by atoms with Gasteiger partial charge in [0.15, 0.2) is 0 Å². The summed E-state index contributed by atoms with van der Waals surface area (Å²) in [4.78, 5) is 28.7. The Bertz CT molecular complexity index is 1130. The second-order valence-electron chi connectivity index (χ2n) is 6.21. The number of para-hydroxylation sites is 2. The number of nitrogens with zero attached hydrogens (tertiary/aromatic N) is 3. The molecule has 0 saturated heterocycles. The highest BCUT2D eigenvalue weighted by molar-refractivity contribution is 7.18. The maximum absolute atomic E-state index is 12.2. The molecule has 7 heteroatoms. The Hall–Kier alpha value is -3.06. The number of carbonyl (C=O) groups is 1. The highest BCUT2D eigenvalue weighted by Gasteiger charge is 2.08. The molecular weight excluding hydrogens is 360 g/mol. The molecule has 2 aromatic carbocycles. The van der Waals surface area contributed by atoms with Crippen LogP contribution in [0.2, 0.25) is 0 Å². The van der Waals surface area contributed by atoms with E-state index in [9.17, 15) is 9.59 Å². The van der Waals surface area contributed by atoms with Crippen molar-refractivity contribution in [3.05, 3.63) is 70.0 Å². The van der Waals surface area contributed by atoms with E-state index >= 15 is 0 Å². The Balaban J connectivity index is 1.32. The number of thiazole rings is 1. The summed E-state index contributed by atoms with van der Waals surface area (Å²) in [6.45, 7) is 0.662. The molecule has 0 spiro atoms. The fraction of sp³-hybridized carbons (Fsp3) is 0.200. The van der Waals surface area contributed by atoms with Crippen LogP contribution in [-0.4, -0.2) is 27.2 Å². The smallest absolute Gasteiger partial charge is 0.241 e. The quantitative estimate of drug-likeness (QED) is 0.524. The molecule has 0 fully saturated rings. The van der Waals surface area contributed by atoms with Crippen molar-refractivity contribution < 1.29 is 4.79 Å². The van der Waals surface area contributed by atoms with E-state index in [1.807, 2.05) is 24.3 Å². The van der Waals surface area contributed by atoms with Gasteiger partial charge in [0.2, 0.25) is 11.3 Å². The van der Waals surface area contributed by atoms with Gasteiger partial charge >= 0.3 is 0 Å². The van der Waals surface area contributed by atoms with Gasteiger partial charge in [-0.3, -0.25) is 14.3 Å². The Morgan fingerprint density at radius 2 is 1.93 bits per heavy atom. The summed E-state index contributed by atoms with van der Waals surface area (Å²) >= 11 is 1.69. The van der Waals surface area contributed by atoms with E-state index in [0.717, 1.165) is 23.4 Å². The van der Waals surface area contributed by atoms with Crippen LogP contribution in [0.15, 0.2) is 59.5 Å². The third kappa shape index (κ3) is 3.88. The van der Waals surface area contributed by atoms with Gasteiger partial charge in [0.05, 0.1) is 26.9 Å². The zero-order valence-corrected chi connectivity index (χ0v) is 15.4. The molecule has 4 rings (SSSR count). The second kappa shape index (κ2) is 7.67. The van der Waals surface area contributed by atoms with Gasteiger partial charge in [-0.15, -0.1) is 11.3 Å². The van der Waals surface area contributed by atoms with Crippen LogP contribution >= 0.6 is 11.3 Å². The highest BCUT2D eigenvalue weighted by Crippen LogP contribution is 2.22. The number of carbonyl (C=O) groups excluding carboxylic acids is 1. The summed E-state index contributed by atoms with van der Waals surface area (Å²) in [7, 11) is 0. The largest absolute Gasteiger partial charge is 0.354 e. The summed E-state index contributed by atoms with van der Waals surface area (Å²) in [6, 6.07) is 15.3. The molecule has 0 bridgehead atoms. The van der Waals surface area contributed by atoms with Crippen molar-refractivity contribution in [3.63, 3.8) is 0 Å². The van der Waals surface area contributed by atoms with Gasteiger partial charge in [-0.2, -0.15) is 5.10 Å². The van der Waals surface area contributed by atoms with Crippen molar-refractivity contribution >= 4 is 38.4 Å². The summed E-state index contributed by atoms with van der Waals surface area (Å²) in [5.74, 6) is -0.124. The van der Waals surface area contributed by atoms with Gasteiger partial charge in [0.25, 0.3) is 0 Å². The van der Waals surface area contributed by atoms with Gasteiger partial charge in [0, 0.05) is 18.4 Å². The lowest BCUT2D eigenvalue weighted by molar-refractivity contribution is -0.121. The standard InChI is InChI=1S/C20H18N4O2S/c25-17-12-22-24(16-8-3-1-6-14(16)17)13-19(26)21-11-5-10-20-23-15-7-2-4-9-18(15)27-20/h1-4,6-9,12H,5,10-11,13H2,(H,21,26). The molecule has 136 valence electrons. The molecule has 0 saturated carbocycles. The maximum atomic E-state index is 12.2. The van der Waals surface area contributed by atoms with Crippen LogP contribution in [0.3, 0.4) is 0 Å². The zero-order valence-electron chi connectivity index (χ0n) is 14.6. The predicted octanol–water partition coefficient (Wildman–Crippen LogP) is 2.76. The molecule has 1 amide bonds. The average Bonchev–Trinajstić information content (AvgIpc) is 3.11. The first kappa shape index (κ1) is 17.4. The van der Waals surface area contributed by atoms with Crippen LogP contribution < -0.4 is 10.7 Å². The number of rotatable bonds is 6. The first-order valence-corrected chi connectivity index (χ1v) is 9.58. The lowest BCUT2D eigenvalue weighted by Gasteiger charge is -2.09. The van der Waals surface area contributed by atoms with Crippen LogP contribution in [0.1, 0.15) is 11.4 Å². The molecule has 0 atom stereocenters. The number of hydrogen-bond acceptors (Lipinski definition) is 5. The molecule has 27 heavy (non-hydrogen) atoms. The predicted molar refractivity (Wildman–Crippen MR) is 107 cm³/mol. The van der Waals surface area contributed by atoms with Gasteiger partial charge in [-0.25, -0.2) is 4.98 Å². The lowest BCUT2D eigenvalue weighted by atomic mass is 10.2. The number of aromatic nitrogens is 3. The molecular formula is C20H18N4O2S. The second-order valence-corrected chi connectivity index (χ2v) is 7.33. The van der Waals surface area contributed by atoms with Crippen LogP contribution in [0.5, 0.6) is 0 Å². The van der Waals surface area contributed by atoms with Crippen LogP contribution in [0.4, 0.5) is 0 Å². The summed E-state index contributed by atoms with van der Waals surface area (Å²) < 4.78 is 2.74. The summed E-state index contributed by atoms with van der Waals surface area (Å²) in [5.41, 5.74) is 1.55. The van der Waals surface area contributed by atoms with Crippen LogP contribution in [0.25, 0.3) is 21.1 Å². The molecule has 2 heterocycles. The molecule has 0 aliphatic heterocycles. The zero-order chi connectivity index (χ0) is 18.6. The molecule has 6 nitrogen and oxygen atoms in total. The minimum Gasteiger partial charge on any atom is -0.354 e. The van der Waals surface area contributed by atoms with Gasteiger partial charge in [0.1, 0.15) is 6.54 Å². The van der Waals surface area contributed by atoms with Crippen molar-refractivity contribution in [1.82, 2.24) is 20.1 Å². The monoisotopic (exact) mass is 378 g/mol. The van der Waals surface area contributed by atoms with Crippen molar-refractivity contribution in [2.24, 2.45) is 0 Å². The Morgan fingerprint density at radius 3 is 2.81 bits per heavy atom. The first-order chi connectivity index (χ1) is 13.2. The van der Waals surface area contributed by atoms with Gasteiger partial charge < -0.3 is 5.32 Å². The van der Waals surface area contributed by atoms with E-state index in [0.29, 0.717) is 17.4 Å². The van der Waals surface area contributed by atoms with E-state index < -0.39 is 0 Å². The van der Waals surface area contributed by atoms with Crippen molar-refractivity contribution in [2.45, 2.75) is 19.4 Å². The summed E-state index contributed by atoms with van der Waals surface area (Å²) in [5, 5.41) is 8.64. The van der Waals surface area contributed by atoms with E-state index in [4.69, 9.17) is 0 Å². The fourth-order valence-electron chi connectivity index (χ4n) is 2.97. The molecule has 1 N–H and O–H groups in total. The minimum atomic E-state index is -0.141. The van der Waals surface area contributed by atoms with Crippen LogP contribution in [-0.2, 0) is 17.8 Å². The van der Waals surface area contributed by atoms with E-state index in [1.54, 1.807) is 34.2 Å². The molecule has 4 aromatic rings. The Labute approximate surface area is 159 Å². The molecule has 0 aliphatic rings. The first-order valence-electron chi connectivity index (χ1n) is 8.77. The lowest BCUT2D eigenvalue weighted by Crippen LogP contribution is -2.30. The number of aryl methyl sites for hydroxylation is 1. The third-order valence-corrected chi connectivity index (χ3v) is 5.38. The number of hydrogen-bond donors (Lipinski definition) is 1. The highest BCUT2D eigenvalue weighted by atomic mass is 32.1. The average molecular weight is 378 g/mol. The summed E-state index contributed by atoms with van der Waals surface area (Å²) in [6.07, 6.45) is 2.91. The molecule has 0 unspecified atom stereocenters. The van der Waals surface area contributed by atoms with Crippen molar-refractivity contribution in [3.8, 4) is 0 Å². The maximum Gasteiger partial charge on any atom is 0.241 e. The van der Waals surface area contributed by atoms with E-state index in [2.05, 4.69) is 21.5 Å². The minimum absolute atomic E-state index is 0.0852. The third-order valence-electron chi connectivity index (χ3n) is 4.28. The van der Waals surface area contributed by atoms with E-state index in [-0.39, 0.29) is 17.9 Å². The topological polar surface area (TPSA) is 76.9 Å². The van der Waals surface area contributed by atoms with Gasteiger partial charge in [-0.1, -0.05) is 24.3 Å². The van der Waals surface area contributed by atoms with Crippen LogP contribution in [0, 0.1) is 0 Å². The Kier molecular flexibility index (Phi) is 4.93.